The number of nitrogens with zero attached hydrogens (tertiary/aromatic N) is 5. The first-order valence-electron chi connectivity index (χ1n) is 5.80. The van der Waals surface area contributed by atoms with Crippen LogP contribution in [0.15, 0.2) is 18.7 Å². The molecule has 0 bridgehead atoms. The predicted molar refractivity (Wildman–Crippen MR) is 61.2 cm³/mol. The van der Waals surface area contributed by atoms with E-state index < -0.39 is 11.9 Å². The number of rotatable bonds is 4. The van der Waals surface area contributed by atoms with Crippen LogP contribution in [-0.4, -0.2) is 24.5 Å². The lowest BCUT2D eigenvalue weighted by Crippen LogP contribution is -2.20. The lowest BCUT2D eigenvalue weighted by Gasteiger charge is -2.15. The van der Waals surface area contributed by atoms with Gasteiger partial charge in [0.05, 0.1) is 5.69 Å². The maximum atomic E-state index is 12.8. The lowest BCUT2D eigenvalue weighted by molar-refractivity contribution is -0.144. The second-order valence-corrected chi connectivity index (χ2v) is 4.61. The summed E-state index contributed by atoms with van der Waals surface area (Å²) in [5, 5.41) is 11.2. The second kappa shape index (κ2) is 5.02. The summed E-state index contributed by atoms with van der Waals surface area (Å²) in [4.78, 5) is 0. The van der Waals surface area contributed by atoms with Crippen molar-refractivity contribution in [3.05, 3.63) is 30.1 Å². The number of halogens is 3. The van der Waals surface area contributed by atoms with Gasteiger partial charge in [-0.3, -0.25) is 4.68 Å². The topological polar surface area (TPSA) is 48.5 Å². The van der Waals surface area contributed by atoms with Crippen LogP contribution in [0.1, 0.15) is 18.3 Å². The molecule has 0 amide bonds. The molecule has 2 aromatic heterocycles. The molecule has 0 N–H and O–H groups in total. The summed E-state index contributed by atoms with van der Waals surface area (Å²) < 4.78 is 41.2. The van der Waals surface area contributed by atoms with Crippen molar-refractivity contribution < 1.29 is 13.2 Å². The fourth-order valence-corrected chi connectivity index (χ4v) is 1.94. The van der Waals surface area contributed by atoms with E-state index in [1.54, 1.807) is 11.5 Å². The molecule has 5 nitrogen and oxygen atoms in total. The Hall–Kier alpha value is -1.86. The van der Waals surface area contributed by atoms with E-state index in [9.17, 15) is 13.2 Å². The molecule has 0 aliphatic carbocycles. The molecular weight excluding hydrogens is 259 g/mol. The van der Waals surface area contributed by atoms with Crippen molar-refractivity contribution in [2.24, 2.45) is 5.92 Å². The van der Waals surface area contributed by atoms with Crippen molar-refractivity contribution >= 4 is 0 Å². The highest BCUT2D eigenvalue weighted by Crippen LogP contribution is 2.30. The Balaban J connectivity index is 2.10. The Morgan fingerprint density at radius 1 is 1.21 bits per heavy atom. The Morgan fingerprint density at radius 2 is 1.84 bits per heavy atom. The molecule has 8 heteroatoms. The van der Waals surface area contributed by atoms with Crippen LogP contribution in [0, 0.1) is 12.8 Å². The van der Waals surface area contributed by atoms with Gasteiger partial charge >= 0.3 is 6.18 Å². The van der Waals surface area contributed by atoms with Crippen LogP contribution in [0.4, 0.5) is 13.2 Å². The normalized spacial score (nSPS) is 13.7. The number of aryl methyl sites for hydroxylation is 1. The third-order valence-electron chi connectivity index (χ3n) is 2.67. The van der Waals surface area contributed by atoms with E-state index in [-0.39, 0.29) is 12.5 Å². The van der Waals surface area contributed by atoms with E-state index in [4.69, 9.17) is 0 Å². The van der Waals surface area contributed by atoms with Crippen molar-refractivity contribution in [1.29, 1.82) is 0 Å². The molecule has 19 heavy (non-hydrogen) atoms. The fraction of sp³-hybridized carbons (Fsp3) is 0.545. The molecule has 2 aromatic rings. The predicted octanol–water partition coefficient (Wildman–Crippen LogP) is 2.14. The van der Waals surface area contributed by atoms with Gasteiger partial charge in [-0.15, -0.1) is 10.2 Å². The van der Waals surface area contributed by atoms with Crippen molar-refractivity contribution in [2.45, 2.75) is 33.1 Å². The van der Waals surface area contributed by atoms with Crippen LogP contribution in [0.2, 0.25) is 0 Å². The highest BCUT2D eigenvalue weighted by Gasteiger charge is 2.35. The zero-order valence-corrected chi connectivity index (χ0v) is 10.6. The van der Waals surface area contributed by atoms with E-state index in [2.05, 4.69) is 15.3 Å². The van der Waals surface area contributed by atoms with Crippen LogP contribution in [-0.2, 0) is 19.3 Å². The van der Waals surface area contributed by atoms with Crippen LogP contribution < -0.4 is 0 Å². The molecule has 104 valence electrons. The fourth-order valence-electron chi connectivity index (χ4n) is 1.94. The third-order valence-corrected chi connectivity index (χ3v) is 2.67. The van der Waals surface area contributed by atoms with Gasteiger partial charge in [-0.25, -0.2) is 0 Å². The van der Waals surface area contributed by atoms with E-state index in [0.29, 0.717) is 12.2 Å². The summed E-state index contributed by atoms with van der Waals surface area (Å²) in [6.07, 6.45) is -1.30. The van der Waals surface area contributed by atoms with Gasteiger partial charge in [-0.05, 0) is 18.9 Å². The summed E-state index contributed by atoms with van der Waals surface area (Å²) in [6, 6.07) is 1.06. The Bertz CT molecular complexity index is 529. The molecule has 0 aliphatic rings. The largest absolute Gasteiger partial charge is 0.433 e. The van der Waals surface area contributed by atoms with Crippen LogP contribution in [0.25, 0.3) is 0 Å². The Morgan fingerprint density at radius 3 is 2.42 bits per heavy atom. The van der Waals surface area contributed by atoms with E-state index in [1.165, 1.54) is 12.7 Å². The number of hydrogen-bond acceptors (Lipinski definition) is 3. The van der Waals surface area contributed by atoms with Crippen molar-refractivity contribution in [3.8, 4) is 0 Å². The van der Waals surface area contributed by atoms with Gasteiger partial charge in [-0.1, -0.05) is 6.92 Å². The minimum absolute atomic E-state index is 0.0172. The molecule has 0 fully saturated rings. The zero-order valence-electron chi connectivity index (χ0n) is 10.6. The average molecular weight is 273 g/mol. The summed E-state index contributed by atoms with van der Waals surface area (Å²) in [5.41, 5.74) is -0.343. The lowest BCUT2D eigenvalue weighted by atomic mass is 10.2. The summed E-state index contributed by atoms with van der Waals surface area (Å²) in [6.45, 7) is 4.15. The smallest absolute Gasteiger partial charge is 0.320 e. The van der Waals surface area contributed by atoms with E-state index >= 15 is 0 Å². The van der Waals surface area contributed by atoms with Crippen molar-refractivity contribution in [3.63, 3.8) is 0 Å². The first-order chi connectivity index (χ1) is 8.86. The minimum atomic E-state index is -4.38. The van der Waals surface area contributed by atoms with Gasteiger partial charge in [0, 0.05) is 13.1 Å². The van der Waals surface area contributed by atoms with E-state index in [1.807, 2.05) is 6.92 Å². The molecule has 2 rings (SSSR count). The summed E-state index contributed by atoms with van der Waals surface area (Å²) >= 11 is 0. The maximum Gasteiger partial charge on any atom is 0.433 e. The molecule has 0 saturated carbocycles. The molecule has 1 atom stereocenters. The van der Waals surface area contributed by atoms with Crippen LogP contribution >= 0.6 is 0 Å². The Labute approximate surface area is 108 Å². The highest BCUT2D eigenvalue weighted by molar-refractivity contribution is 5.12. The number of alkyl halides is 3. The van der Waals surface area contributed by atoms with Crippen LogP contribution in [0.3, 0.4) is 0 Å². The zero-order chi connectivity index (χ0) is 14.0. The van der Waals surface area contributed by atoms with Crippen LogP contribution in [0.5, 0.6) is 0 Å². The van der Waals surface area contributed by atoms with Gasteiger partial charge in [0.2, 0.25) is 0 Å². The standard InChI is InChI=1S/C11H14F3N5/c1-8(4-18-6-15-16-7-18)5-19-10(11(12,13)14)3-9(2)17-19/h3,6-8H,4-5H2,1-2H3/t8-/m0/s1. The molecule has 0 saturated heterocycles. The molecule has 0 spiro atoms. The minimum Gasteiger partial charge on any atom is -0.320 e. The third kappa shape index (κ3) is 3.33. The molecular formula is C11H14F3N5. The van der Waals surface area contributed by atoms with Gasteiger partial charge in [0.25, 0.3) is 0 Å². The molecule has 0 radical (unpaired) electrons. The summed E-state index contributed by atoms with van der Waals surface area (Å²) in [5.74, 6) is -0.0172. The Kier molecular flexibility index (Phi) is 3.59. The second-order valence-electron chi connectivity index (χ2n) is 4.61. The van der Waals surface area contributed by atoms with Gasteiger partial charge < -0.3 is 4.57 Å². The quantitative estimate of drug-likeness (QED) is 0.857. The SMILES string of the molecule is Cc1cc(C(F)(F)F)n(C[C@@H](C)Cn2cnnc2)n1. The van der Waals surface area contributed by atoms with Gasteiger partial charge in [0.15, 0.2) is 0 Å². The highest BCUT2D eigenvalue weighted by atomic mass is 19.4. The van der Waals surface area contributed by atoms with Gasteiger partial charge in [-0.2, -0.15) is 18.3 Å². The first-order valence-corrected chi connectivity index (χ1v) is 5.80. The molecule has 0 unspecified atom stereocenters. The van der Waals surface area contributed by atoms with Gasteiger partial charge in [0.1, 0.15) is 18.3 Å². The summed E-state index contributed by atoms with van der Waals surface area (Å²) in [7, 11) is 0. The number of aromatic nitrogens is 5. The first kappa shape index (κ1) is 13.6. The maximum absolute atomic E-state index is 12.8. The van der Waals surface area contributed by atoms with Crippen molar-refractivity contribution in [1.82, 2.24) is 24.5 Å². The number of hydrogen-bond donors (Lipinski definition) is 0. The van der Waals surface area contributed by atoms with Crippen molar-refractivity contribution in [2.75, 3.05) is 0 Å². The molecule has 2 heterocycles. The van der Waals surface area contributed by atoms with E-state index in [0.717, 1.165) is 10.7 Å². The molecule has 0 aliphatic heterocycles. The average Bonchev–Trinajstić information content (AvgIpc) is 2.87. The monoisotopic (exact) mass is 273 g/mol. The molecule has 0 aromatic carbocycles.